The zero-order valence-corrected chi connectivity index (χ0v) is 12.6. The largest absolute Gasteiger partial charge is 0.310 e. The predicted octanol–water partition coefficient (Wildman–Crippen LogP) is 2.66. The van der Waals surface area contributed by atoms with Crippen LogP contribution in [0.3, 0.4) is 0 Å². The summed E-state index contributed by atoms with van der Waals surface area (Å²) in [5.74, 6) is 0. The molecule has 2 aromatic heterocycles. The second kappa shape index (κ2) is 7.20. The summed E-state index contributed by atoms with van der Waals surface area (Å²) < 4.78 is 1.92. The number of pyridine rings is 1. The summed E-state index contributed by atoms with van der Waals surface area (Å²) >= 11 is 0. The summed E-state index contributed by atoms with van der Waals surface area (Å²) in [5.41, 5.74) is 3.81. The lowest BCUT2D eigenvalue weighted by Gasteiger charge is -2.18. The van der Waals surface area contributed by atoms with Crippen molar-refractivity contribution in [3.05, 3.63) is 47.5 Å². The van der Waals surface area contributed by atoms with Crippen molar-refractivity contribution in [3.63, 3.8) is 0 Å². The van der Waals surface area contributed by atoms with E-state index in [9.17, 15) is 0 Å². The normalized spacial score (nSPS) is 12.6. The van der Waals surface area contributed by atoms with Gasteiger partial charge >= 0.3 is 0 Å². The van der Waals surface area contributed by atoms with Gasteiger partial charge in [0.15, 0.2) is 0 Å². The van der Waals surface area contributed by atoms with Gasteiger partial charge in [0.05, 0.1) is 5.69 Å². The fraction of sp³-hybridized carbons (Fsp3) is 0.500. The van der Waals surface area contributed by atoms with Crippen LogP contribution in [0.1, 0.15) is 43.1 Å². The van der Waals surface area contributed by atoms with E-state index in [-0.39, 0.29) is 0 Å². The molecule has 0 aliphatic carbocycles. The Bertz CT molecular complexity index is 519. The highest BCUT2D eigenvalue weighted by Crippen LogP contribution is 2.21. The van der Waals surface area contributed by atoms with Gasteiger partial charge < -0.3 is 5.32 Å². The highest BCUT2D eigenvalue weighted by Gasteiger charge is 2.17. The fourth-order valence-corrected chi connectivity index (χ4v) is 2.48. The maximum absolute atomic E-state index is 4.56. The molecule has 2 rings (SSSR count). The summed E-state index contributed by atoms with van der Waals surface area (Å²) in [6.45, 7) is 5.38. The molecule has 2 heterocycles. The molecule has 1 atom stereocenters. The Morgan fingerprint density at radius 2 is 2.00 bits per heavy atom. The second-order valence-electron chi connectivity index (χ2n) is 5.12. The van der Waals surface area contributed by atoms with Crippen LogP contribution < -0.4 is 5.32 Å². The van der Waals surface area contributed by atoms with Crippen molar-refractivity contribution in [2.75, 3.05) is 6.54 Å². The Morgan fingerprint density at radius 1 is 1.25 bits per heavy atom. The Morgan fingerprint density at radius 3 is 2.65 bits per heavy atom. The van der Waals surface area contributed by atoms with Crippen molar-refractivity contribution in [1.82, 2.24) is 20.1 Å². The summed E-state index contributed by atoms with van der Waals surface area (Å²) in [7, 11) is 1.99. The first kappa shape index (κ1) is 14.7. The van der Waals surface area contributed by atoms with Crippen LogP contribution in [0.2, 0.25) is 0 Å². The van der Waals surface area contributed by atoms with Gasteiger partial charge in [0, 0.05) is 37.2 Å². The maximum atomic E-state index is 4.56. The van der Waals surface area contributed by atoms with Crippen LogP contribution in [-0.2, 0) is 19.9 Å². The van der Waals surface area contributed by atoms with Gasteiger partial charge in [-0.15, -0.1) is 0 Å². The fourth-order valence-electron chi connectivity index (χ4n) is 2.48. The number of rotatable bonds is 7. The van der Waals surface area contributed by atoms with E-state index in [0.29, 0.717) is 6.04 Å². The average molecular weight is 272 g/mol. The van der Waals surface area contributed by atoms with E-state index in [1.807, 2.05) is 24.1 Å². The molecule has 1 N–H and O–H groups in total. The molecule has 0 radical (unpaired) electrons. The standard InChI is InChI=1S/C16H24N4/c1-4-8-18-16(11-13-6-9-17-10-7-13)14-12-20(3)19-15(14)5-2/h6-7,9-10,12,16,18H,4-5,8,11H2,1-3H3. The third-order valence-corrected chi connectivity index (χ3v) is 3.48. The average Bonchev–Trinajstić information content (AvgIpc) is 2.85. The van der Waals surface area contributed by atoms with Crippen molar-refractivity contribution >= 4 is 0 Å². The lowest BCUT2D eigenvalue weighted by molar-refractivity contribution is 0.525. The number of hydrogen-bond acceptors (Lipinski definition) is 3. The van der Waals surface area contributed by atoms with Crippen molar-refractivity contribution in [2.24, 2.45) is 7.05 Å². The molecule has 20 heavy (non-hydrogen) atoms. The molecule has 4 heteroatoms. The predicted molar refractivity (Wildman–Crippen MR) is 81.6 cm³/mol. The molecular formula is C16H24N4. The van der Waals surface area contributed by atoms with Gasteiger partial charge in [0.1, 0.15) is 0 Å². The monoisotopic (exact) mass is 272 g/mol. The van der Waals surface area contributed by atoms with E-state index in [1.165, 1.54) is 16.8 Å². The van der Waals surface area contributed by atoms with Crippen LogP contribution in [0.15, 0.2) is 30.7 Å². The minimum atomic E-state index is 0.320. The highest BCUT2D eigenvalue weighted by molar-refractivity contribution is 5.24. The number of hydrogen-bond donors (Lipinski definition) is 1. The molecule has 0 spiro atoms. The molecule has 0 saturated heterocycles. The number of nitrogens with zero attached hydrogens (tertiary/aromatic N) is 3. The van der Waals surface area contributed by atoms with Gasteiger partial charge in [-0.25, -0.2) is 0 Å². The van der Waals surface area contributed by atoms with Crippen LogP contribution in [0, 0.1) is 0 Å². The van der Waals surface area contributed by atoms with Crippen molar-refractivity contribution in [3.8, 4) is 0 Å². The van der Waals surface area contributed by atoms with Gasteiger partial charge in [-0.2, -0.15) is 5.10 Å². The molecule has 2 aromatic rings. The van der Waals surface area contributed by atoms with Gasteiger partial charge in [-0.3, -0.25) is 9.67 Å². The topological polar surface area (TPSA) is 42.7 Å². The summed E-state index contributed by atoms with van der Waals surface area (Å²) in [5, 5.41) is 8.21. The Hall–Kier alpha value is -1.68. The van der Waals surface area contributed by atoms with E-state index in [4.69, 9.17) is 0 Å². The molecule has 0 saturated carbocycles. The zero-order valence-electron chi connectivity index (χ0n) is 12.6. The SMILES string of the molecule is CCCNC(Cc1ccncc1)c1cn(C)nc1CC. The van der Waals surface area contributed by atoms with E-state index < -0.39 is 0 Å². The first-order valence-corrected chi connectivity index (χ1v) is 7.39. The molecule has 0 amide bonds. The molecule has 108 valence electrons. The van der Waals surface area contributed by atoms with Crippen LogP contribution in [-0.4, -0.2) is 21.3 Å². The van der Waals surface area contributed by atoms with E-state index in [1.54, 1.807) is 0 Å². The summed E-state index contributed by atoms with van der Waals surface area (Å²) in [4.78, 5) is 4.09. The Kier molecular flexibility index (Phi) is 5.30. The molecule has 0 fully saturated rings. The smallest absolute Gasteiger partial charge is 0.0669 e. The van der Waals surface area contributed by atoms with Crippen molar-refractivity contribution in [2.45, 2.75) is 39.2 Å². The van der Waals surface area contributed by atoms with E-state index in [0.717, 1.165) is 25.8 Å². The maximum Gasteiger partial charge on any atom is 0.0669 e. The quantitative estimate of drug-likeness (QED) is 0.842. The molecule has 0 aliphatic heterocycles. The molecule has 1 unspecified atom stereocenters. The Labute approximate surface area is 121 Å². The zero-order chi connectivity index (χ0) is 14.4. The van der Waals surface area contributed by atoms with E-state index in [2.05, 4.69) is 47.6 Å². The van der Waals surface area contributed by atoms with Crippen LogP contribution >= 0.6 is 0 Å². The first-order chi connectivity index (χ1) is 9.74. The van der Waals surface area contributed by atoms with Gasteiger partial charge in [-0.1, -0.05) is 13.8 Å². The summed E-state index contributed by atoms with van der Waals surface area (Å²) in [6, 6.07) is 4.49. The van der Waals surface area contributed by atoms with Crippen LogP contribution in [0.4, 0.5) is 0 Å². The molecule has 4 nitrogen and oxygen atoms in total. The molecular weight excluding hydrogens is 248 g/mol. The summed E-state index contributed by atoms with van der Waals surface area (Å²) in [6.07, 6.45) is 8.94. The molecule has 0 aromatic carbocycles. The molecule has 0 aliphatic rings. The third kappa shape index (κ3) is 3.67. The minimum absolute atomic E-state index is 0.320. The van der Waals surface area contributed by atoms with Crippen LogP contribution in [0.25, 0.3) is 0 Å². The van der Waals surface area contributed by atoms with Crippen molar-refractivity contribution < 1.29 is 0 Å². The highest BCUT2D eigenvalue weighted by atomic mass is 15.3. The minimum Gasteiger partial charge on any atom is -0.310 e. The lowest BCUT2D eigenvalue weighted by atomic mass is 9.99. The second-order valence-corrected chi connectivity index (χ2v) is 5.12. The molecule has 0 bridgehead atoms. The van der Waals surface area contributed by atoms with Crippen LogP contribution in [0.5, 0.6) is 0 Å². The van der Waals surface area contributed by atoms with E-state index >= 15 is 0 Å². The Balaban J connectivity index is 2.22. The van der Waals surface area contributed by atoms with Gasteiger partial charge in [-0.05, 0) is 43.5 Å². The van der Waals surface area contributed by atoms with Crippen molar-refractivity contribution in [1.29, 1.82) is 0 Å². The van der Waals surface area contributed by atoms with Gasteiger partial charge in [0.2, 0.25) is 0 Å². The number of nitrogens with one attached hydrogen (secondary N) is 1. The number of aromatic nitrogens is 3. The number of aryl methyl sites for hydroxylation is 2. The first-order valence-electron chi connectivity index (χ1n) is 7.39. The lowest BCUT2D eigenvalue weighted by Crippen LogP contribution is -2.24. The van der Waals surface area contributed by atoms with Gasteiger partial charge in [0.25, 0.3) is 0 Å². The third-order valence-electron chi connectivity index (χ3n) is 3.48.